The number of primary amides is 1. The lowest BCUT2D eigenvalue weighted by atomic mass is 9.87. The molecule has 1 aromatic carbocycles. The molecule has 1 saturated carbocycles. The molecule has 0 aromatic heterocycles. The van der Waals surface area contributed by atoms with Gasteiger partial charge in [-0.05, 0) is 55.7 Å². The summed E-state index contributed by atoms with van der Waals surface area (Å²) in [6.45, 7) is 2.23. The minimum Gasteiger partial charge on any atom is -0.382 e. The summed E-state index contributed by atoms with van der Waals surface area (Å²) < 4.78 is 0. The van der Waals surface area contributed by atoms with E-state index in [0.717, 1.165) is 17.5 Å². The van der Waals surface area contributed by atoms with E-state index in [0.29, 0.717) is 17.5 Å². The van der Waals surface area contributed by atoms with Crippen LogP contribution in [0.1, 0.15) is 30.1 Å². The SMILES string of the molecule is CC(Nc1cccc(C(N)=O)c1)C1CC2C=CC1C2. The lowest BCUT2D eigenvalue weighted by Crippen LogP contribution is -2.28. The maximum absolute atomic E-state index is 11.2. The molecule has 0 spiro atoms. The van der Waals surface area contributed by atoms with Crippen molar-refractivity contribution < 1.29 is 4.79 Å². The molecule has 2 bridgehead atoms. The molecular formula is C16H20N2O. The molecule has 1 amide bonds. The van der Waals surface area contributed by atoms with Gasteiger partial charge in [-0.1, -0.05) is 18.2 Å². The standard InChI is InChI=1S/C16H20N2O/c1-10(15-8-11-5-6-12(15)7-11)18-14-4-2-3-13(9-14)16(17)19/h2-6,9-12,15,18H,7-8H2,1H3,(H2,17,19). The van der Waals surface area contributed by atoms with Crippen LogP contribution in [-0.4, -0.2) is 11.9 Å². The zero-order valence-corrected chi connectivity index (χ0v) is 11.2. The van der Waals surface area contributed by atoms with Crippen LogP contribution in [0.5, 0.6) is 0 Å². The minimum absolute atomic E-state index is 0.376. The Morgan fingerprint density at radius 1 is 1.37 bits per heavy atom. The van der Waals surface area contributed by atoms with Crippen molar-refractivity contribution in [2.75, 3.05) is 5.32 Å². The molecule has 0 saturated heterocycles. The van der Waals surface area contributed by atoms with Gasteiger partial charge in [0.05, 0.1) is 0 Å². The summed E-state index contributed by atoms with van der Waals surface area (Å²) >= 11 is 0. The fourth-order valence-corrected chi connectivity index (χ4v) is 3.53. The first-order valence-corrected chi connectivity index (χ1v) is 6.98. The smallest absolute Gasteiger partial charge is 0.248 e. The lowest BCUT2D eigenvalue weighted by Gasteiger charge is -2.27. The Morgan fingerprint density at radius 2 is 2.21 bits per heavy atom. The highest BCUT2D eigenvalue weighted by Gasteiger charge is 2.38. The van der Waals surface area contributed by atoms with E-state index in [1.54, 1.807) is 6.07 Å². The van der Waals surface area contributed by atoms with E-state index in [1.165, 1.54) is 12.8 Å². The minimum atomic E-state index is -0.376. The summed E-state index contributed by atoms with van der Waals surface area (Å²) in [5.41, 5.74) is 6.85. The van der Waals surface area contributed by atoms with Crippen LogP contribution in [0, 0.1) is 17.8 Å². The zero-order valence-electron chi connectivity index (χ0n) is 11.2. The zero-order chi connectivity index (χ0) is 13.4. The van der Waals surface area contributed by atoms with E-state index in [2.05, 4.69) is 24.4 Å². The van der Waals surface area contributed by atoms with Crippen LogP contribution in [-0.2, 0) is 0 Å². The summed E-state index contributed by atoms with van der Waals surface area (Å²) in [5, 5.41) is 3.52. The van der Waals surface area contributed by atoms with Crippen LogP contribution < -0.4 is 11.1 Å². The number of hydrogen-bond acceptors (Lipinski definition) is 2. The highest BCUT2D eigenvalue weighted by molar-refractivity contribution is 5.93. The van der Waals surface area contributed by atoms with Crippen LogP contribution in [0.2, 0.25) is 0 Å². The molecule has 19 heavy (non-hydrogen) atoms. The summed E-state index contributed by atoms with van der Waals surface area (Å²) in [7, 11) is 0. The molecule has 0 aliphatic heterocycles. The van der Waals surface area contributed by atoms with Gasteiger partial charge < -0.3 is 11.1 Å². The first-order chi connectivity index (χ1) is 9.13. The quantitative estimate of drug-likeness (QED) is 0.814. The number of fused-ring (bicyclic) bond motifs is 2. The molecular weight excluding hydrogens is 236 g/mol. The molecule has 4 atom stereocenters. The lowest BCUT2D eigenvalue weighted by molar-refractivity contribution is 0.100. The Morgan fingerprint density at radius 3 is 2.84 bits per heavy atom. The van der Waals surface area contributed by atoms with Crippen molar-refractivity contribution in [3.63, 3.8) is 0 Å². The molecule has 0 radical (unpaired) electrons. The number of rotatable bonds is 4. The number of carbonyl (C=O) groups excluding carboxylic acids is 1. The third-order valence-corrected chi connectivity index (χ3v) is 4.51. The first-order valence-electron chi connectivity index (χ1n) is 6.98. The second kappa shape index (κ2) is 4.72. The van der Waals surface area contributed by atoms with Gasteiger partial charge in [0.25, 0.3) is 0 Å². The molecule has 0 heterocycles. The normalized spacial score (nSPS) is 29.4. The molecule has 2 aliphatic rings. The van der Waals surface area contributed by atoms with Crippen molar-refractivity contribution in [1.82, 2.24) is 0 Å². The van der Waals surface area contributed by atoms with Crippen LogP contribution in [0.3, 0.4) is 0 Å². The predicted octanol–water partition coefficient (Wildman–Crippen LogP) is 2.80. The Balaban J connectivity index is 1.69. The van der Waals surface area contributed by atoms with Crippen LogP contribution >= 0.6 is 0 Å². The molecule has 4 unspecified atom stereocenters. The molecule has 3 heteroatoms. The molecule has 100 valence electrons. The average molecular weight is 256 g/mol. The fourth-order valence-electron chi connectivity index (χ4n) is 3.53. The molecule has 2 aliphatic carbocycles. The topological polar surface area (TPSA) is 55.1 Å². The number of benzene rings is 1. The van der Waals surface area contributed by atoms with E-state index < -0.39 is 0 Å². The number of nitrogens with one attached hydrogen (secondary N) is 1. The predicted molar refractivity (Wildman–Crippen MR) is 76.9 cm³/mol. The largest absolute Gasteiger partial charge is 0.382 e. The molecule has 3 rings (SSSR count). The van der Waals surface area contributed by atoms with E-state index in [1.807, 2.05) is 18.2 Å². The monoisotopic (exact) mass is 256 g/mol. The fraction of sp³-hybridized carbons (Fsp3) is 0.438. The summed E-state index contributed by atoms with van der Waals surface area (Å²) in [6, 6.07) is 7.87. The Kier molecular flexibility index (Phi) is 3.05. The summed E-state index contributed by atoms with van der Waals surface area (Å²) in [6.07, 6.45) is 7.33. The van der Waals surface area contributed by atoms with Crippen molar-refractivity contribution in [1.29, 1.82) is 0 Å². The van der Waals surface area contributed by atoms with Gasteiger partial charge in [-0.15, -0.1) is 0 Å². The third kappa shape index (κ3) is 2.37. The number of anilines is 1. The summed E-state index contributed by atoms with van der Waals surface area (Å²) in [4.78, 5) is 11.2. The van der Waals surface area contributed by atoms with Gasteiger partial charge >= 0.3 is 0 Å². The van der Waals surface area contributed by atoms with Gasteiger partial charge in [0.2, 0.25) is 5.91 Å². The average Bonchev–Trinajstić information content (AvgIpc) is 3.01. The van der Waals surface area contributed by atoms with Crippen molar-refractivity contribution in [3.8, 4) is 0 Å². The van der Waals surface area contributed by atoms with Crippen LogP contribution in [0.25, 0.3) is 0 Å². The Labute approximate surface area is 113 Å². The number of hydrogen-bond donors (Lipinski definition) is 2. The van der Waals surface area contributed by atoms with Crippen LogP contribution in [0.4, 0.5) is 5.69 Å². The number of allylic oxidation sites excluding steroid dienone is 2. The molecule has 3 N–H and O–H groups in total. The van der Waals surface area contributed by atoms with E-state index in [9.17, 15) is 4.79 Å². The van der Waals surface area contributed by atoms with Crippen LogP contribution in [0.15, 0.2) is 36.4 Å². The van der Waals surface area contributed by atoms with Gasteiger partial charge in [0, 0.05) is 17.3 Å². The van der Waals surface area contributed by atoms with E-state index in [-0.39, 0.29) is 5.91 Å². The van der Waals surface area contributed by atoms with E-state index in [4.69, 9.17) is 5.73 Å². The second-order valence-corrected chi connectivity index (χ2v) is 5.82. The third-order valence-electron chi connectivity index (χ3n) is 4.51. The number of nitrogens with two attached hydrogens (primary N) is 1. The highest BCUT2D eigenvalue weighted by atomic mass is 16.1. The number of carbonyl (C=O) groups is 1. The van der Waals surface area contributed by atoms with Gasteiger partial charge in [0.1, 0.15) is 0 Å². The van der Waals surface area contributed by atoms with Gasteiger partial charge in [-0.2, -0.15) is 0 Å². The second-order valence-electron chi connectivity index (χ2n) is 5.82. The van der Waals surface area contributed by atoms with Gasteiger partial charge in [0.15, 0.2) is 0 Å². The molecule has 3 nitrogen and oxygen atoms in total. The Bertz CT molecular complexity index is 523. The van der Waals surface area contributed by atoms with Gasteiger partial charge in [-0.25, -0.2) is 0 Å². The van der Waals surface area contributed by atoms with Crippen molar-refractivity contribution >= 4 is 11.6 Å². The van der Waals surface area contributed by atoms with Gasteiger partial charge in [-0.3, -0.25) is 4.79 Å². The highest BCUT2D eigenvalue weighted by Crippen LogP contribution is 2.45. The van der Waals surface area contributed by atoms with Crippen molar-refractivity contribution in [3.05, 3.63) is 42.0 Å². The number of amides is 1. The molecule has 1 fully saturated rings. The van der Waals surface area contributed by atoms with Crippen molar-refractivity contribution in [2.24, 2.45) is 23.5 Å². The molecule has 1 aromatic rings. The maximum atomic E-state index is 11.2. The maximum Gasteiger partial charge on any atom is 0.248 e. The Hall–Kier alpha value is -1.77. The van der Waals surface area contributed by atoms with E-state index >= 15 is 0 Å². The summed E-state index contributed by atoms with van der Waals surface area (Å²) in [5.74, 6) is 1.84. The first kappa shape index (κ1) is 12.3. The van der Waals surface area contributed by atoms with Crippen molar-refractivity contribution in [2.45, 2.75) is 25.8 Å².